The molecule has 0 unspecified atom stereocenters. The van der Waals surface area contributed by atoms with Crippen LogP contribution in [0, 0.1) is 6.92 Å². The van der Waals surface area contributed by atoms with Crippen LogP contribution < -0.4 is 10.1 Å². The molecule has 3 heteroatoms. The van der Waals surface area contributed by atoms with Gasteiger partial charge in [0.25, 0.3) is 0 Å². The Hall–Kier alpha value is -1.51. The van der Waals surface area contributed by atoms with Gasteiger partial charge in [0, 0.05) is 6.04 Å². The molecule has 1 aliphatic rings. The fourth-order valence-corrected chi connectivity index (χ4v) is 1.67. The smallest absolute Gasteiger partial charge is 0.224 e. The summed E-state index contributed by atoms with van der Waals surface area (Å²) in [5, 5.41) is 2.97. The van der Waals surface area contributed by atoms with Crippen LogP contribution in [-0.4, -0.2) is 19.1 Å². The van der Waals surface area contributed by atoms with E-state index in [0.29, 0.717) is 12.5 Å². The van der Waals surface area contributed by atoms with E-state index in [1.165, 1.54) is 0 Å². The summed E-state index contributed by atoms with van der Waals surface area (Å²) in [4.78, 5) is 11.6. The molecule has 0 atom stereocenters. The molecule has 0 aliphatic heterocycles. The van der Waals surface area contributed by atoms with Gasteiger partial charge in [-0.2, -0.15) is 0 Å². The molecular weight excluding hydrogens is 202 g/mol. The summed E-state index contributed by atoms with van der Waals surface area (Å²) >= 11 is 0. The Balaban J connectivity index is 1.99. The van der Waals surface area contributed by atoms with Gasteiger partial charge in [0.1, 0.15) is 5.75 Å². The molecule has 1 amide bonds. The number of rotatable bonds is 4. The number of amides is 1. The summed E-state index contributed by atoms with van der Waals surface area (Å²) in [7, 11) is 1.65. The maximum atomic E-state index is 11.6. The van der Waals surface area contributed by atoms with Crippen molar-refractivity contribution in [3.8, 4) is 5.75 Å². The number of carbonyl (C=O) groups is 1. The first-order chi connectivity index (χ1) is 7.69. The minimum Gasteiger partial charge on any atom is -0.496 e. The van der Waals surface area contributed by atoms with E-state index in [9.17, 15) is 4.79 Å². The van der Waals surface area contributed by atoms with Gasteiger partial charge in [0.2, 0.25) is 5.91 Å². The highest BCUT2D eigenvalue weighted by molar-refractivity contribution is 5.79. The topological polar surface area (TPSA) is 38.3 Å². The second kappa shape index (κ2) is 4.56. The Kier molecular flexibility index (Phi) is 3.13. The first kappa shape index (κ1) is 11.0. The Labute approximate surface area is 95.8 Å². The summed E-state index contributed by atoms with van der Waals surface area (Å²) in [6.07, 6.45) is 2.69. The zero-order valence-corrected chi connectivity index (χ0v) is 9.75. The fourth-order valence-electron chi connectivity index (χ4n) is 1.67. The SMILES string of the molecule is COc1cc(CC(=O)NC2CC2)ccc1C. The maximum absolute atomic E-state index is 11.6. The number of hydrogen-bond donors (Lipinski definition) is 1. The summed E-state index contributed by atoms with van der Waals surface area (Å²) in [6, 6.07) is 6.32. The van der Waals surface area contributed by atoms with E-state index >= 15 is 0 Å². The molecule has 1 saturated carbocycles. The molecule has 1 fully saturated rings. The van der Waals surface area contributed by atoms with E-state index in [0.717, 1.165) is 29.7 Å². The van der Waals surface area contributed by atoms with E-state index in [-0.39, 0.29) is 5.91 Å². The lowest BCUT2D eigenvalue weighted by Crippen LogP contribution is -2.26. The van der Waals surface area contributed by atoms with Crippen LogP contribution in [0.1, 0.15) is 24.0 Å². The average Bonchev–Trinajstić information content (AvgIpc) is 3.04. The van der Waals surface area contributed by atoms with Crippen LogP contribution in [0.2, 0.25) is 0 Å². The standard InChI is InChI=1S/C13H17NO2/c1-9-3-4-10(7-12(9)16-2)8-13(15)14-11-5-6-11/h3-4,7,11H,5-6,8H2,1-2H3,(H,14,15). The van der Waals surface area contributed by atoms with E-state index in [2.05, 4.69) is 5.32 Å². The average molecular weight is 219 g/mol. The zero-order chi connectivity index (χ0) is 11.5. The van der Waals surface area contributed by atoms with Crippen LogP contribution in [0.3, 0.4) is 0 Å². The van der Waals surface area contributed by atoms with Crippen LogP contribution in [0.25, 0.3) is 0 Å². The molecule has 16 heavy (non-hydrogen) atoms. The van der Waals surface area contributed by atoms with Crippen molar-refractivity contribution in [2.24, 2.45) is 0 Å². The molecule has 0 bridgehead atoms. The third-order valence-electron chi connectivity index (χ3n) is 2.78. The molecule has 3 nitrogen and oxygen atoms in total. The first-order valence-corrected chi connectivity index (χ1v) is 5.62. The van der Waals surface area contributed by atoms with Gasteiger partial charge in [0.15, 0.2) is 0 Å². The largest absolute Gasteiger partial charge is 0.496 e. The lowest BCUT2D eigenvalue weighted by atomic mass is 10.1. The van der Waals surface area contributed by atoms with Crippen LogP contribution in [0.15, 0.2) is 18.2 Å². The van der Waals surface area contributed by atoms with Crippen LogP contribution >= 0.6 is 0 Å². The van der Waals surface area contributed by atoms with Crippen molar-refractivity contribution in [2.75, 3.05) is 7.11 Å². The summed E-state index contributed by atoms with van der Waals surface area (Å²) in [5.74, 6) is 0.949. The van der Waals surface area contributed by atoms with Gasteiger partial charge in [-0.3, -0.25) is 4.79 Å². The molecule has 1 aromatic carbocycles. The van der Waals surface area contributed by atoms with E-state index in [1.54, 1.807) is 7.11 Å². The van der Waals surface area contributed by atoms with Crippen molar-refractivity contribution in [2.45, 2.75) is 32.2 Å². The molecule has 1 aliphatic carbocycles. The van der Waals surface area contributed by atoms with Crippen molar-refractivity contribution in [1.82, 2.24) is 5.32 Å². The van der Waals surface area contributed by atoms with Crippen molar-refractivity contribution in [3.05, 3.63) is 29.3 Å². The lowest BCUT2D eigenvalue weighted by Gasteiger charge is -2.08. The van der Waals surface area contributed by atoms with Gasteiger partial charge < -0.3 is 10.1 Å². The van der Waals surface area contributed by atoms with Gasteiger partial charge in [-0.25, -0.2) is 0 Å². The number of ether oxygens (including phenoxy) is 1. The highest BCUT2D eigenvalue weighted by Gasteiger charge is 2.23. The van der Waals surface area contributed by atoms with Crippen molar-refractivity contribution < 1.29 is 9.53 Å². The highest BCUT2D eigenvalue weighted by Crippen LogP contribution is 2.21. The normalized spacial score (nSPS) is 14.6. The molecular formula is C13H17NO2. The molecule has 0 aromatic heterocycles. The van der Waals surface area contributed by atoms with Crippen molar-refractivity contribution in [3.63, 3.8) is 0 Å². The summed E-state index contributed by atoms with van der Waals surface area (Å²) in [6.45, 7) is 1.99. The molecule has 1 N–H and O–H groups in total. The number of aryl methyl sites for hydroxylation is 1. The molecule has 2 rings (SSSR count). The fraction of sp³-hybridized carbons (Fsp3) is 0.462. The quantitative estimate of drug-likeness (QED) is 0.839. The van der Waals surface area contributed by atoms with Gasteiger partial charge >= 0.3 is 0 Å². The number of methoxy groups -OCH3 is 1. The molecule has 0 radical (unpaired) electrons. The zero-order valence-electron chi connectivity index (χ0n) is 9.75. The Bertz CT molecular complexity index is 397. The minimum absolute atomic E-state index is 0.105. The molecule has 0 heterocycles. The molecule has 1 aromatic rings. The van der Waals surface area contributed by atoms with Gasteiger partial charge in [-0.05, 0) is 37.0 Å². The third kappa shape index (κ3) is 2.75. The molecule has 0 saturated heterocycles. The van der Waals surface area contributed by atoms with Gasteiger partial charge in [0.05, 0.1) is 13.5 Å². The number of carbonyl (C=O) groups excluding carboxylic acids is 1. The predicted molar refractivity (Wildman–Crippen MR) is 62.6 cm³/mol. The second-order valence-electron chi connectivity index (χ2n) is 4.32. The first-order valence-electron chi connectivity index (χ1n) is 5.62. The minimum atomic E-state index is 0.105. The second-order valence-corrected chi connectivity index (χ2v) is 4.32. The Morgan fingerprint density at radius 1 is 1.50 bits per heavy atom. The predicted octanol–water partition coefficient (Wildman–Crippen LogP) is 1.82. The lowest BCUT2D eigenvalue weighted by molar-refractivity contribution is -0.120. The van der Waals surface area contributed by atoms with Crippen LogP contribution in [-0.2, 0) is 11.2 Å². The van der Waals surface area contributed by atoms with E-state index < -0.39 is 0 Å². The van der Waals surface area contributed by atoms with Crippen molar-refractivity contribution >= 4 is 5.91 Å². The van der Waals surface area contributed by atoms with Gasteiger partial charge in [-0.15, -0.1) is 0 Å². The van der Waals surface area contributed by atoms with Crippen LogP contribution in [0.5, 0.6) is 5.75 Å². The number of hydrogen-bond acceptors (Lipinski definition) is 2. The number of nitrogens with one attached hydrogen (secondary N) is 1. The molecule has 0 spiro atoms. The van der Waals surface area contributed by atoms with Crippen molar-refractivity contribution in [1.29, 1.82) is 0 Å². The Morgan fingerprint density at radius 3 is 2.88 bits per heavy atom. The summed E-state index contributed by atoms with van der Waals surface area (Å²) < 4.78 is 5.23. The van der Waals surface area contributed by atoms with Crippen LogP contribution in [0.4, 0.5) is 0 Å². The van der Waals surface area contributed by atoms with E-state index in [4.69, 9.17) is 4.74 Å². The maximum Gasteiger partial charge on any atom is 0.224 e. The van der Waals surface area contributed by atoms with E-state index in [1.807, 2.05) is 25.1 Å². The summed E-state index contributed by atoms with van der Waals surface area (Å²) in [5.41, 5.74) is 2.09. The Morgan fingerprint density at radius 2 is 2.25 bits per heavy atom. The third-order valence-corrected chi connectivity index (χ3v) is 2.78. The van der Waals surface area contributed by atoms with Gasteiger partial charge in [-0.1, -0.05) is 12.1 Å². The number of benzene rings is 1. The molecule has 86 valence electrons. The highest BCUT2D eigenvalue weighted by atomic mass is 16.5. The monoisotopic (exact) mass is 219 g/mol.